The van der Waals surface area contributed by atoms with Crippen LogP contribution in [0.5, 0.6) is 0 Å². The van der Waals surface area contributed by atoms with E-state index < -0.39 is 0 Å². The van der Waals surface area contributed by atoms with E-state index in [-0.39, 0.29) is 0 Å². The van der Waals surface area contributed by atoms with Crippen LogP contribution in [0.3, 0.4) is 0 Å². The number of anilines is 3. The number of rotatable bonds is 4. The van der Waals surface area contributed by atoms with Gasteiger partial charge in [-0.05, 0) is 35.7 Å². The van der Waals surface area contributed by atoms with Gasteiger partial charge in [0.05, 0.1) is 35.3 Å². The van der Waals surface area contributed by atoms with E-state index in [1.807, 2.05) is 42.0 Å². The van der Waals surface area contributed by atoms with Gasteiger partial charge in [-0.3, -0.25) is 0 Å². The van der Waals surface area contributed by atoms with E-state index in [4.69, 9.17) is 4.74 Å². The minimum Gasteiger partial charge on any atom is -0.378 e. The highest BCUT2D eigenvalue weighted by atomic mass is 32.1. The van der Waals surface area contributed by atoms with Crippen LogP contribution in [0.15, 0.2) is 54.3 Å². The summed E-state index contributed by atoms with van der Waals surface area (Å²) in [6.07, 6.45) is 5.49. The van der Waals surface area contributed by atoms with Gasteiger partial charge < -0.3 is 15.0 Å². The summed E-state index contributed by atoms with van der Waals surface area (Å²) in [6, 6.07) is 9.88. The summed E-state index contributed by atoms with van der Waals surface area (Å²) in [5.74, 6) is 2.14. The van der Waals surface area contributed by atoms with Crippen LogP contribution >= 0.6 is 11.3 Å². The number of nitrogens with zero attached hydrogens (tertiary/aromatic N) is 5. The van der Waals surface area contributed by atoms with E-state index >= 15 is 0 Å². The molecule has 0 bridgehead atoms. The Morgan fingerprint density at radius 2 is 1.89 bits per heavy atom. The van der Waals surface area contributed by atoms with Gasteiger partial charge >= 0.3 is 0 Å². The molecule has 28 heavy (non-hydrogen) atoms. The van der Waals surface area contributed by atoms with E-state index in [2.05, 4.69) is 36.2 Å². The molecule has 5 rings (SSSR count). The third-order valence-corrected chi connectivity index (χ3v) is 5.44. The second kappa shape index (κ2) is 7.49. The molecule has 0 aromatic carbocycles. The van der Waals surface area contributed by atoms with Crippen molar-refractivity contribution in [2.75, 3.05) is 36.5 Å². The number of aromatic nitrogens is 4. The van der Waals surface area contributed by atoms with Crippen molar-refractivity contribution in [3.63, 3.8) is 0 Å². The Morgan fingerprint density at radius 1 is 0.964 bits per heavy atom. The van der Waals surface area contributed by atoms with Crippen molar-refractivity contribution in [1.29, 1.82) is 0 Å². The molecule has 0 atom stereocenters. The Labute approximate surface area is 166 Å². The van der Waals surface area contributed by atoms with Crippen molar-refractivity contribution in [2.45, 2.75) is 0 Å². The summed E-state index contributed by atoms with van der Waals surface area (Å²) in [5, 5.41) is 5.28. The fraction of sp³-hybridized carbons (Fsp3) is 0.200. The van der Waals surface area contributed by atoms with E-state index in [1.54, 1.807) is 17.5 Å². The van der Waals surface area contributed by atoms with Gasteiger partial charge in [0.1, 0.15) is 11.6 Å². The molecule has 4 aromatic rings. The molecule has 7 nitrogen and oxygen atoms in total. The fourth-order valence-electron chi connectivity index (χ4n) is 3.14. The highest BCUT2D eigenvalue weighted by Gasteiger charge is 2.11. The van der Waals surface area contributed by atoms with Gasteiger partial charge in [0.2, 0.25) is 0 Å². The van der Waals surface area contributed by atoms with E-state index in [0.717, 1.165) is 53.6 Å². The van der Waals surface area contributed by atoms with Crippen molar-refractivity contribution in [2.24, 2.45) is 0 Å². The summed E-state index contributed by atoms with van der Waals surface area (Å²) in [4.78, 5) is 20.3. The van der Waals surface area contributed by atoms with Crippen molar-refractivity contribution in [1.82, 2.24) is 19.9 Å². The first-order chi connectivity index (χ1) is 13.8. The lowest BCUT2D eigenvalue weighted by Crippen LogP contribution is -2.36. The van der Waals surface area contributed by atoms with Gasteiger partial charge in [0, 0.05) is 31.0 Å². The lowest BCUT2D eigenvalue weighted by molar-refractivity contribution is 0.122. The Bertz CT molecular complexity index is 1090. The molecule has 1 fully saturated rings. The predicted molar refractivity (Wildman–Crippen MR) is 111 cm³/mol. The summed E-state index contributed by atoms with van der Waals surface area (Å²) in [7, 11) is 0. The molecule has 0 unspecified atom stereocenters. The Morgan fingerprint density at radius 3 is 2.75 bits per heavy atom. The number of pyridine rings is 2. The molecule has 1 aliphatic heterocycles. The average molecular weight is 390 g/mol. The standard InChI is InChI=1S/C20H18N6OS/c1-2-18(22-12-15(1)26-6-8-27-9-7-26)25-19-11-14(3-5-21-19)20-23-13-17-16(24-20)4-10-28-17/h1-5,10-13H,6-9H2,(H,21,22,25). The van der Waals surface area contributed by atoms with Gasteiger partial charge in [-0.25, -0.2) is 19.9 Å². The fourth-order valence-corrected chi connectivity index (χ4v) is 3.83. The van der Waals surface area contributed by atoms with E-state index in [1.165, 1.54) is 0 Å². The van der Waals surface area contributed by atoms with Crippen LogP contribution in [0.1, 0.15) is 0 Å². The van der Waals surface area contributed by atoms with Crippen LogP contribution in [0, 0.1) is 0 Å². The smallest absolute Gasteiger partial charge is 0.160 e. The van der Waals surface area contributed by atoms with E-state index in [9.17, 15) is 0 Å². The zero-order valence-corrected chi connectivity index (χ0v) is 15.9. The summed E-state index contributed by atoms with van der Waals surface area (Å²) in [6.45, 7) is 3.31. The molecule has 0 spiro atoms. The second-order valence-corrected chi connectivity index (χ2v) is 7.37. The maximum Gasteiger partial charge on any atom is 0.160 e. The molecule has 140 valence electrons. The summed E-state index contributed by atoms with van der Waals surface area (Å²) >= 11 is 1.64. The zero-order valence-electron chi connectivity index (χ0n) is 15.1. The number of hydrogen-bond acceptors (Lipinski definition) is 8. The number of fused-ring (bicyclic) bond motifs is 1. The Kier molecular flexibility index (Phi) is 4.56. The largest absolute Gasteiger partial charge is 0.378 e. The molecule has 1 saturated heterocycles. The van der Waals surface area contributed by atoms with Gasteiger partial charge in [-0.2, -0.15) is 0 Å². The quantitative estimate of drug-likeness (QED) is 0.569. The number of morpholine rings is 1. The number of nitrogens with one attached hydrogen (secondary N) is 1. The normalized spacial score (nSPS) is 14.4. The molecule has 5 heterocycles. The summed E-state index contributed by atoms with van der Waals surface area (Å²) < 4.78 is 6.48. The minimum atomic E-state index is 0.687. The van der Waals surface area contributed by atoms with Gasteiger partial charge in [-0.15, -0.1) is 11.3 Å². The minimum absolute atomic E-state index is 0.687. The van der Waals surface area contributed by atoms with Crippen LogP contribution in [0.25, 0.3) is 21.6 Å². The molecule has 0 saturated carbocycles. The third kappa shape index (κ3) is 3.51. The van der Waals surface area contributed by atoms with Crippen LogP contribution < -0.4 is 10.2 Å². The lowest BCUT2D eigenvalue weighted by atomic mass is 10.2. The molecular formula is C20H18N6OS. The van der Waals surface area contributed by atoms with Gasteiger partial charge in [0.15, 0.2) is 5.82 Å². The molecule has 8 heteroatoms. The maximum absolute atomic E-state index is 5.40. The Balaban J connectivity index is 1.34. The van der Waals surface area contributed by atoms with Crippen molar-refractivity contribution < 1.29 is 4.74 Å². The molecule has 4 aromatic heterocycles. The van der Waals surface area contributed by atoms with Crippen LogP contribution in [-0.4, -0.2) is 46.2 Å². The first-order valence-electron chi connectivity index (χ1n) is 9.08. The third-order valence-electron chi connectivity index (χ3n) is 4.60. The molecule has 0 aliphatic carbocycles. The lowest BCUT2D eigenvalue weighted by Gasteiger charge is -2.28. The van der Waals surface area contributed by atoms with Crippen LogP contribution in [0.2, 0.25) is 0 Å². The molecule has 0 radical (unpaired) electrons. The molecule has 1 aliphatic rings. The van der Waals surface area contributed by atoms with Gasteiger partial charge in [0.25, 0.3) is 0 Å². The van der Waals surface area contributed by atoms with Gasteiger partial charge in [-0.1, -0.05) is 0 Å². The molecular weight excluding hydrogens is 372 g/mol. The number of ether oxygens (including phenoxy) is 1. The zero-order chi connectivity index (χ0) is 18.8. The molecule has 0 amide bonds. The highest BCUT2D eigenvalue weighted by Crippen LogP contribution is 2.24. The predicted octanol–water partition coefficient (Wildman–Crippen LogP) is 3.73. The summed E-state index contributed by atoms with van der Waals surface area (Å²) in [5.41, 5.74) is 2.98. The average Bonchev–Trinajstić information content (AvgIpc) is 3.23. The SMILES string of the molecule is c1cc(-c2ncc3sccc3n2)cc(Nc2ccc(N3CCOCC3)cn2)n1. The van der Waals surface area contributed by atoms with Crippen molar-refractivity contribution in [3.05, 3.63) is 54.3 Å². The molecule has 1 N–H and O–H groups in total. The van der Waals surface area contributed by atoms with E-state index in [0.29, 0.717) is 11.6 Å². The van der Waals surface area contributed by atoms with Crippen molar-refractivity contribution in [3.8, 4) is 11.4 Å². The van der Waals surface area contributed by atoms with Crippen LogP contribution in [0.4, 0.5) is 17.3 Å². The first kappa shape index (κ1) is 17.0. The topological polar surface area (TPSA) is 76.1 Å². The number of thiophene rings is 1. The number of hydrogen-bond donors (Lipinski definition) is 1. The second-order valence-electron chi connectivity index (χ2n) is 6.42. The first-order valence-corrected chi connectivity index (χ1v) is 9.95. The Hall–Kier alpha value is -3.10. The van der Waals surface area contributed by atoms with Crippen LogP contribution in [-0.2, 0) is 4.74 Å². The monoisotopic (exact) mass is 390 g/mol. The highest BCUT2D eigenvalue weighted by molar-refractivity contribution is 7.17. The van der Waals surface area contributed by atoms with Crippen molar-refractivity contribution >= 4 is 38.9 Å². The maximum atomic E-state index is 5.40.